The van der Waals surface area contributed by atoms with Gasteiger partial charge in [0.15, 0.2) is 0 Å². The Morgan fingerprint density at radius 2 is 1.40 bits per heavy atom. The molecule has 0 aliphatic rings. The van der Waals surface area contributed by atoms with E-state index in [1.165, 1.54) is 0 Å². The van der Waals surface area contributed by atoms with Crippen molar-refractivity contribution >= 4 is 23.1 Å². The minimum absolute atomic E-state index is 0. The maximum Gasteiger partial charge on any atom is 2.00 e. The van der Waals surface area contributed by atoms with Gasteiger partial charge in [0.05, 0.1) is 7.18 Å². The Morgan fingerprint density at radius 3 is 1.50 bits per heavy atom. The van der Waals surface area contributed by atoms with Crippen LogP contribution in [-0.2, 0) is 0 Å². The van der Waals surface area contributed by atoms with Gasteiger partial charge in [0.25, 0.3) is 0 Å². The predicted octanol–water partition coefficient (Wildman–Crippen LogP) is -1.30. The van der Waals surface area contributed by atoms with Crippen molar-refractivity contribution in [3.8, 4) is 0 Å². The van der Waals surface area contributed by atoms with Crippen molar-refractivity contribution in [3.05, 3.63) is 36.4 Å². The van der Waals surface area contributed by atoms with Gasteiger partial charge in [0, 0.05) is 0 Å². The van der Waals surface area contributed by atoms with Crippen LogP contribution in [0.5, 0.6) is 0 Å². The molecule has 0 amide bonds. The number of benzene rings is 1. The van der Waals surface area contributed by atoms with Crippen LogP contribution in [0.15, 0.2) is 30.3 Å². The number of hydrogen-bond donors (Lipinski definition) is 0. The molecule has 1 rings (SSSR count). The molecular weight excluding hydrogens is 207 g/mol. The second-order valence-corrected chi connectivity index (χ2v) is 1.08. The second-order valence-electron chi connectivity index (χ2n) is 1.08. The van der Waals surface area contributed by atoms with Gasteiger partial charge in [-0.2, -0.15) is 36.4 Å². The first-order valence-corrected chi connectivity index (χ1v) is 2.29. The minimum Gasteiger partial charge on any atom is -1.00 e. The van der Waals surface area contributed by atoms with E-state index in [-0.39, 0.29) is 40.0 Å². The first-order valence-electron chi connectivity index (χ1n) is 2.29. The summed E-state index contributed by atoms with van der Waals surface area (Å²) in [6, 6.07) is 12.5. The van der Waals surface area contributed by atoms with E-state index in [1.807, 2.05) is 30.3 Å². The summed E-state index contributed by atoms with van der Waals surface area (Å²) in [5.74, 6) is 0. The Balaban J connectivity index is -0.000000114. The Bertz CT molecular complexity index is 85.5. The number of halogens is 2. The van der Waals surface area contributed by atoms with E-state index in [2.05, 4.69) is 6.07 Å². The average molecular weight is 215 g/mol. The van der Waals surface area contributed by atoms with Gasteiger partial charge in [-0.25, -0.2) is 0 Å². The van der Waals surface area contributed by atoms with E-state index in [9.17, 15) is 4.39 Å². The largest absolute Gasteiger partial charge is 2.00 e. The van der Waals surface area contributed by atoms with Crippen LogP contribution in [0.4, 0.5) is 4.39 Å². The zero-order valence-electron chi connectivity index (χ0n) is 5.85. The van der Waals surface area contributed by atoms with E-state index in [1.54, 1.807) is 0 Å². The maximum absolute atomic E-state index is 9.50. The van der Waals surface area contributed by atoms with E-state index < -0.39 is 0 Å². The van der Waals surface area contributed by atoms with Gasteiger partial charge in [0.2, 0.25) is 0 Å². The summed E-state index contributed by atoms with van der Waals surface area (Å²) in [5, 5.41) is 0. The van der Waals surface area contributed by atoms with E-state index in [0.29, 0.717) is 7.18 Å². The van der Waals surface area contributed by atoms with Crippen molar-refractivity contribution in [2.75, 3.05) is 7.18 Å². The fraction of sp³-hybridized carbons (Fsp3) is 0.143. The third-order valence-electron chi connectivity index (χ3n) is 0.607. The Labute approximate surface area is 87.8 Å². The van der Waals surface area contributed by atoms with Crippen molar-refractivity contribution in [2.45, 2.75) is 0 Å². The number of hydrogen-bond acceptors (Lipinski definition) is 0. The first kappa shape index (κ1) is 16.8. The molecular formula is C7H8BrFMg. The van der Waals surface area contributed by atoms with Crippen molar-refractivity contribution in [3.63, 3.8) is 0 Å². The van der Waals surface area contributed by atoms with Gasteiger partial charge < -0.3 is 17.0 Å². The van der Waals surface area contributed by atoms with Crippen LogP contribution in [-0.4, -0.2) is 30.2 Å². The molecule has 10 heavy (non-hydrogen) atoms. The molecule has 1 aromatic rings. The van der Waals surface area contributed by atoms with Crippen LogP contribution in [0.2, 0.25) is 0 Å². The van der Waals surface area contributed by atoms with Gasteiger partial charge in [-0.3, -0.25) is 4.39 Å². The summed E-state index contributed by atoms with van der Waals surface area (Å²) in [4.78, 5) is 0. The van der Waals surface area contributed by atoms with E-state index in [0.717, 1.165) is 0 Å². The Hall–Kier alpha value is 0.396. The van der Waals surface area contributed by atoms with Crippen molar-refractivity contribution < 1.29 is 21.4 Å². The molecule has 0 saturated heterocycles. The summed E-state index contributed by atoms with van der Waals surface area (Å²) in [6.45, 7) is 0. The molecule has 3 heteroatoms. The van der Waals surface area contributed by atoms with Crippen LogP contribution >= 0.6 is 0 Å². The Kier molecular flexibility index (Phi) is 27.2. The molecule has 0 aliphatic carbocycles. The summed E-state index contributed by atoms with van der Waals surface area (Å²) < 4.78 is 9.50. The van der Waals surface area contributed by atoms with Gasteiger partial charge in [-0.1, -0.05) is 0 Å². The molecule has 0 atom stereocenters. The monoisotopic (exact) mass is 214 g/mol. The molecule has 0 fully saturated rings. The fourth-order valence-electron chi connectivity index (χ4n) is 0.342. The topological polar surface area (TPSA) is 0 Å². The second kappa shape index (κ2) is 16.2. The third kappa shape index (κ3) is 11.2. The summed E-state index contributed by atoms with van der Waals surface area (Å²) >= 11 is 0. The third-order valence-corrected chi connectivity index (χ3v) is 0.607. The number of alkyl halides is 1. The minimum atomic E-state index is 0. The summed E-state index contributed by atoms with van der Waals surface area (Å²) in [5.41, 5.74) is 0. The molecule has 0 N–H and O–H groups in total. The Morgan fingerprint density at radius 1 is 1.00 bits per heavy atom. The summed E-state index contributed by atoms with van der Waals surface area (Å²) in [6.07, 6.45) is 0. The van der Waals surface area contributed by atoms with Crippen LogP contribution in [0.1, 0.15) is 0 Å². The molecule has 0 spiro atoms. The van der Waals surface area contributed by atoms with Crippen LogP contribution in [0.25, 0.3) is 0 Å². The van der Waals surface area contributed by atoms with Crippen molar-refractivity contribution in [1.82, 2.24) is 0 Å². The molecule has 0 bridgehead atoms. The molecule has 0 aliphatic heterocycles. The standard InChI is InChI=1S/C6H5.CH3F.BrH.Mg/c1-2-4-6-5-3-1;1-2;;/h1-5H;1H3;1H;/q-1;;;+2/p-1. The van der Waals surface area contributed by atoms with Crippen molar-refractivity contribution in [2.24, 2.45) is 0 Å². The maximum atomic E-state index is 9.50. The zero-order chi connectivity index (χ0) is 6.24. The molecule has 0 nitrogen and oxygen atoms in total. The molecule has 0 saturated carbocycles. The smallest absolute Gasteiger partial charge is 1.00 e. The van der Waals surface area contributed by atoms with Gasteiger partial charge in [0.1, 0.15) is 0 Å². The fourth-order valence-corrected chi connectivity index (χ4v) is 0.342. The normalized spacial score (nSPS) is 5.40. The zero-order valence-corrected chi connectivity index (χ0v) is 8.85. The molecule has 1 aromatic carbocycles. The predicted molar refractivity (Wildman–Crippen MR) is 38.1 cm³/mol. The molecule has 52 valence electrons. The van der Waals surface area contributed by atoms with Crippen LogP contribution < -0.4 is 17.0 Å². The molecule has 0 aromatic heterocycles. The van der Waals surface area contributed by atoms with E-state index in [4.69, 9.17) is 0 Å². The SMILES string of the molecule is CF.[Br-].[Mg+2].[c-]1ccccc1. The van der Waals surface area contributed by atoms with Crippen LogP contribution in [0, 0.1) is 6.07 Å². The number of rotatable bonds is 0. The average Bonchev–Trinajstić information content (AvgIpc) is 1.96. The van der Waals surface area contributed by atoms with Crippen molar-refractivity contribution in [1.29, 1.82) is 0 Å². The van der Waals surface area contributed by atoms with Gasteiger partial charge in [-0.15, -0.1) is 0 Å². The molecule has 0 heterocycles. The first-order chi connectivity index (χ1) is 4.00. The quantitative estimate of drug-likeness (QED) is 0.373. The molecule has 0 unspecified atom stereocenters. The van der Waals surface area contributed by atoms with Gasteiger partial charge >= 0.3 is 23.1 Å². The summed E-state index contributed by atoms with van der Waals surface area (Å²) in [7, 11) is 0.500. The van der Waals surface area contributed by atoms with E-state index >= 15 is 0 Å². The van der Waals surface area contributed by atoms with Gasteiger partial charge in [-0.05, 0) is 0 Å². The van der Waals surface area contributed by atoms with Crippen LogP contribution in [0.3, 0.4) is 0 Å². The molecule has 0 radical (unpaired) electrons.